The minimum absolute atomic E-state index is 0.0546. The van der Waals surface area contributed by atoms with Crippen molar-refractivity contribution in [3.63, 3.8) is 0 Å². The van der Waals surface area contributed by atoms with E-state index in [1.807, 2.05) is 19.1 Å². The predicted molar refractivity (Wildman–Crippen MR) is 74.6 cm³/mol. The van der Waals surface area contributed by atoms with Crippen LogP contribution < -0.4 is 5.32 Å². The van der Waals surface area contributed by atoms with Crippen molar-refractivity contribution in [1.82, 2.24) is 0 Å². The smallest absolute Gasteiger partial charge is 0.124 e. The first-order chi connectivity index (χ1) is 9.10. The summed E-state index contributed by atoms with van der Waals surface area (Å²) in [6.45, 7) is 1.94. The highest BCUT2D eigenvalue weighted by atomic mass is 35.5. The monoisotopic (exact) mass is 274 g/mol. The Bertz CT molecular complexity index is 617. The summed E-state index contributed by atoms with van der Waals surface area (Å²) >= 11 is 6.02. The van der Waals surface area contributed by atoms with Crippen LogP contribution in [0.1, 0.15) is 24.1 Å². The predicted octanol–water partition coefficient (Wildman–Crippen LogP) is 4.52. The fourth-order valence-electron chi connectivity index (χ4n) is 1.82. The van der Waals surface area contributed by atoms with Crippen LogP contribution in [0.15, 0.2) is 42.5 Å². The Labute approximate surface area is 116 Å². The molecule has 0 spiro atoms. The largest absolute Gasteiger partial charge is 0.378 e. The lowest BCUT2D eigenvalue weighted by atomic mass is 10.1. The number of nitrogens with zero attached hydrogens (tertiary/aromatic N) is 1. The molecule has 19 heavy (non-hydrogen) atoms. The van der Waals surface area contributed by atoms with Crippen LogP contribution in [0.4, 0.5) is 10.1 Å². The quantitative estimate of drug-likeness (QED) is 0.893. The van der Waals surface area contributed by atoms with Crippen molar-refractivity contribution in [2.24, 2.45) is 0 Å². The number of nitrogens with one attached hydrogen (secondary N) is 1. The molecule has 0 saturated carbocycles. The van der Waals surface area contributed by atoms with E-state index < -0.39 is 0 Å². The van der Waals surface area contributed by atoms with Crippen molar-refractivity contribution in [2.45, 2.75) is 13.0 Å². The molecule has 0 aromatic heterocycles. The van der Waals surface area contributed by atoms with Gasteiger partial charge >= 0.3 is 0 Å². The molecule has 0 aliphatic carbocycles. The third-order valence-corrected chi connectivity index (χ3v) is 3.15. The summed E-state index contributed by atoms with van der Waals surface area (Å²) in [7, 11) is 0. The van der Waals surface area contributed by atoms with Crippen molar-refractivity contribution in [2.75, 3.05) is 5.32 Å². The molecular formula is C15H12ClFN2. The van der Waals surface area contributed by atoms with Gasteiger partial charge in [-0.2, -0.15) is 5.26 Å². The minimum atomic E-state index is -0.348. The van der Waals surface area contributed by atoms with Gasteiger partial charge in [-0.05, 0) is 48.9 Å². The van der Waals surface area contributed by atoms with Crippen LogP contribution in [-0.4, -0.2) is 0 Å². The molecule has 0 amide bonds. The van der Waals surface area contributed by atoms with Crippen LogP contribution in [0.2, 0.25) is 5.02 Å². The lowest BCUT2D eigenvalue weighted by Crippen LogP contribution is -2.07. The van der Waals surface area contributed by atoms with Gasteiger partial charge < -0.3 is 5.32 Å². The van der Waals surface area contributed by atoms with Gasteiger partial charge in [-0.25, -0.2) is 4.39 Å². The molecule has 2 rings (SSSR count). The summed E-state index contributed by atoms with van der Waals surface area (Å²) in [5.74, 6) is -0.348. The molecule has 0 fully saturated rings. The number of anilines is 1. The fraction of sp³-hybridized carbons (Fsp3) is 0.133. The van der Waals surface area contributed by atoms with Gasteiger partial charge in [0.25, 0.3) is 0 Å². The molecular weight excluding hydrogens is 263 g/mol. The maximum Gasteiger partial charge on any atom is 0.124 e. The molecule has 1 atom stereocenters. The lowest BCUT2D eigenvalue weighted by molar-refractivity contribution is 0.626. The summed E-state index contributed by atoms with van der Waals surface area (Å²) in [5.41, 5.74) is 2.32. The maximum absolute atomic E-state index is 13.0. The van der Waals surface area contributed by atoms with Gasteiger partial charge in [0, 0.05) is 16.8 Å². The summed E-state index contributed by atoms with van der Waals surface area (Å²) in [6.07, 6.45) is 0. The third kappa shape index (κ3) is 3.24. The van der Waals surface area contributed by atoms with E-state index in [9.17, 15) is 4.39 Å². The van der Waals surface area contributed by atoms with Crippen molar-refractivity contribution in [3.8, 4) is 6.07 Å². The van der Waals surface area contributed by atoms with Crippen molar-refractivity contribution >= 4 is 17.3 Å². The summed E-state index contributed by atoms with van der Waals surface area (Å²) in [6, 6.07) is 13.5. The molecule has 0 saturated heterocycles. The number of rotatable bonds is 3. The molecule has 0 bridgehead atoms. The van der Waals surface area contributed by atoms with Gasteiger partial charge in [-0.3, -0.25) is 0 Å². The normalized spacial score (nSPS) is 11.7. The second kappa shape index (κ2) is 5.73. The average molecular weight is 275 g/mol. The standard InChI is InChI=1S/C15H12ClFN2/c1-10(14-7-4-12(17)8-15(14)16)19-13-5-2-11(9-18)3-6-13/h2-8,10,19H,1H3. The SMILES string of the molecule is CC(Nc1ccc(C#N)cc1)c1ccc(F)cc1Cl. The van der Waals surface area contributed by atoms with Crippen LogP contribution in [-0.2, 0) is 0 Å². The molecule has 0 aliphatic rings. The third-order valence-electron chi connectivity index (χ3n) is 2.83. The molecule has 0 aliphatic heterocycles. The minimum Gasteiger partial charge on any atom is -0.378 e. The first kappa shape index (κ1) is 13.4. The first-order valence-corrected chi connectivity index (χ1v) is 6.19. The van der Waals surface area contributed by atoms with E-state index in [1.54, 1.807) is 18.2 Å². The summed E-state index contributed by atoms with van der Waals surface area (Å²) in [5, 5.41) is 12.4. The van der Waals surface area contributed by atoms with Gasteiger partial charge in [-0.1, -0.05) is 17.7 Å². The molecule has 96 valence electrons. The van der Waals surface area contributed by atoms with E-state index in [-0.39, 0.29) is 11.9 Å². The second-order valence-corrected chi connectivity index (χ2v) is 4.63. The van der Waals surface area contributed by atoms with E-state index >= 15 is 0 Å². The zero-order chi connectivity index (χ0) is 13.8. The molecule has 2 aromatic rings. The average Bonchev–Trinajstić information content (AvgIpc) is 2.39. The molecule has 0 radical (unpaired) electrons. The van der Waals surface area contributed by atoms with Crippen LogP contribution >= 0.6 is 11.6 Å². The zero-order valence-corrected chi connectivity index (χ0v) is 11.1. The molecule has 0 heterocycles. The Morgan fingerprint density at radius 2 is 1.89 bits per heavy atom. The van der Waals surface area contributed by atoms with Crippen molar-refractivity contribution in [3.05, 3.63) is 64.4 Å². The number of nitriles is 1. The van der Waals surface area contributed by atoms with Gasteiger partial charge in [0.05, 0.1) is 11.6 Å². The Morgan fingerprint density at radius 1 is 1.21 bits per heavy atom. The lowest BCUT2D eigenvalue weighted by Gasteiger charge is -2.17. The summed E-state index contributed by atoms with van der Waals surface area (Å²) in [4.78, 5) is 0. The Morgan fingerprint density at radius 3 is 2.47 bits per heavy atom. The van der Waals surface area contributed by atoms with Crippen LogP contribution in [0, 0.1) is 17.1 Å². The van der Waals surface area contributed by atoms with Crippen LogP contribution in [0.3, 0.4) is 0 Å². The van der Waals surface area contributed by atoms with E-state index in [1.165, 1.54) is 12.1 Å². The molecule has 4 heteroatoms. The van der Waals surface area contributed by atoms with E-state index in [0.717, 1.165) is 11.3 Å². The molecule has 1 unspecified atom stereocenters. The number of hydrogen-bond donors (Lipinski definition) is 1. The Kier molecular flexibility index (Phi) is 4.03. The van der Waals surface area contributed by atoms with Crippen molar-refractivity contribution < 1.29 is 4.39 Å². The van der Waals surface area contributed by atoms with Gasteiger partial charge in [0.1, 0.15) is 5.82 Å². The second-order valence-electron chi connectivity index (χ2n) is 4.22. The maximum atomic E-state index is 13.0. The first-order valence-electron chi connectivity index (χ1n) is 5.82. The van der Waals surface area contributed by atoms with Crippen LogP contribution in [0.25, 0.3) is 0 Å². The molecule has 1 N–H and O–H groups in total. The van der Waals surface area contributed by atoms with Gasteiger partial charge in [-0.15, -0.1) is 0 Å². The Balaban J connectivity index is 2.16. The number of hydrogen-bond acceptors (Lipinski definition) is 2. The zero-order valence-electron chi connectivity index (χ0n) is 10.3. The van der Waals surface area contributed by atoms with E-state index in [0.29, 0.717) is 10.6 Å². The van der Waals surface area contributed by atoms with Gasteiger partial charge in [0.2, 0.25) is 0 Å². The Hall–Kier alpha value is -2.05. The summed E-state index contributed by atoms with van der Waals surface area (Å²) < 4.78 is 13.0. The van der Waals surface area contributed by atoms with Gasteiger partial charge in [0.15, 0.2) is 0 Å². The number of halogens is 2. The highest BCUT2D eigenvalue weighted by Crippen LogP contribution is 2.26. The molecule has 2 aromatic carbocycles. The fourth-order valence-corrected chi connectivity index (χ4v) is 2.15. The van der Waals surface area contributed by atoms with E-state index in [4.69, 9.17) is 16.9 Å². The van der Waals surface area contributed by atoms with Crippen molar-refractivity contribution in [1.29, 1.82) is 5.26 Å². The van der Waals surface area contributed by atoms with Crippen LogP contribution in [0.5, 0.6) is 0 Å². The highest BCUT2D eigenvalue weighted by Gasteiger charge is 2.10. The number of benzene rings is 2. The highest BCUT2D eigenvalue weighted by molar-refractivity contribution is 6.31. The topological polar surface area (TPSA) is 35.8 Å². The van der Waals surface area contributed by atoms with E-state index in [2.05, 4.69) is 11.4 Å². The molecule has 2 nitrogen and oxygen atoms in total.